The lowest BCUT2D eigenvalue weighted by atomic mass is 10.2. The second kappa shape index (κ2) is 8.69. The Morgan fingerprint density at radius 3 is 1.83 bits per heavy atom. The van der Waals surface area contributed by atoms with E-state index in [4.69, 9.17) is 9.84 Å². The van der Waals surface area contributed by atoms with Crippen molar-refractivity contribution in [3.63, 3.8) is 0 Å². The maximum Gasteiger partial charge on any atom is 0.332 e. The first kappa shape index (κ1) is 19.0. The minimum absolute atomic E-state index is 0.264. The first-order chi connectivity index (χ1) is 8.01. The minimum Gasteiger partial charge on any atom is -0.478 e. The number of carboxylic acid groups (broad SMARTS) is 1. The third kappa shape index (κ3) is 12.7. The van der Waals surface area contributed by atoms with E-state index in [0.29, 0.717) is 18.2 Å². The van der Waals surface area contributed by atoms with Crippen LogP contribution in [-0.2, 0) is 14.3 Å². The molecule has 18 heavy (non-hydrogen) atoms. The summed E-state index contributed by atoms with van der Waals surface area (Å²) in [5.41, 5.74) is 0.739. The van der Waals surface area contributed by atoms with E-state index < -0.39 is 14.0 Å². The van der Waals surface area contributed by atoms with Gasteiger partial charge in [0, 0.05) is 11.1 Å². The van der Waals surface area contributed by atoms with Crippen LogP contribution in [0.5, 0.6) is 0 Å². The molecule has 0 spiro atoms. The average molecular weight is 272 g/mol. The molecule has 104 valence electrons. The molecule has 0 atom stereocenters. The molecule has 0 saturated carbocycles. The predicted molar refractivity (Wildman–Crippen MR) is 76.2 cm³/mol. The SMILES string of the molecule is C=C(C)C(=O)OC[Si](C)(C)C.C=C(CC)C(=O)O. The normalized spacial score (nSPS) is 9.83. The Hall–Kier alpha value is -1.36. The van der Waals surface area contributed by atoms with E-state index in [1.807, 2.05) is 0 Å². The molecular formula is C13H24O4Si. The number of ether oxygens (including phenoxy) is 1. The minimum atomic E-state index is -1.25. The summed E-state index contributed by atoms with van der Waals surface area (Å²) < 4.78 is 4.99. The Morgan fingerprint density at radius 1 is 1.22 bits per heavy atom. The van der Waals surface area contributed by atoms with Crippen LogP contribution in [0.1, 0.15) is 20.3 Å². The fraction of sp³-hybridized carbons (Fsp3) is 0.538. The molecule has 0 aliphatic heterocycles. The lowest BCUT2D eigenvalue weighted by Crippen LogP contribution is -2.29. The number of esters is 1. The highest BCUT2D eigenvalue weighted by Crippen LogP contribution is 2.02. The maximum absolute atomic E-state index is 10.9. The van der Waals surface area contributed by atoms with Gasteiger partial charge in [-0.2, -0.15) is 0 Å². The molecule has 0 rings (SSSR count). The monoisotopic (exact) mass is 272 g/mol. The summed E-state index contributed by atoms with van der Waals surface area (Å²) in [5, 5.41) is 8.08. The second-order valence-electron chi connectivity index (χ2n) is 5.18. The molecule has 0 aliphatic rings. The molecule has 0 unspecified atom stereocenters. The molecule has 0 saturated heterocycles. The predicted octanol–water partition coefficient (Wildman–Crippen LogP) is 3.02. The molecule has 0 aromatic carbocycles. The lowest BCUT2D eigenvalue weighted by Gasteiger charge is -2.15. The van der Waals surface area contributed by atoms with E-state index in [9.17, 15) is 9.59 Å². The van der Waals surface area contributed by atoms with Gasteiger partial charge in [0.2, 0.25) is 0 Å². The van der Waals surface area contributed by atoms with E-state index in [2.05, 4.69) is 32.8 Å². The summed E-state index contributed by atoms with van der Waals surface area (Å²) in [6, 6.07) is 0. The van der Waals surface area contributed by atoms with Gasteiger partial charge in [-0.1, -0.05) is 39.7 Å². The van der Waals surface area contributed by atoms with E-state index in [0.717, 1.165) is 0 Å². The summed E-state index contributed by atoms with van der Waals surface area (Å²) in [6.07, 6.45) is 1.11. The van der Waals surface area contributed by atoms with Crippen molar-refractivity contribution in [3.8, 4) is 0 Å². The van der Waals surface area contributed by atoms with Gasteiger partial charge in [-0.05, 0) is 13.3 Å². The molecule has 1 N–H and O–H groups in total. The number of rotatable bonds is 5. The van der Waals surface area contributed by atoms with Crippen LogP contribution < -0.4 is 0 Å². The van der Waals surface area contributed by atoms with Gasteiger partial charge in [-0.25, -0.2) is 9.59 Å². The highest BCUT2D eigenvalue weighted by atomic mass is 28.3. The van der Waals surface area contributed by atoms with Crippen molar-refractivity contribution in [2.75, 3.05) is 6.23 Å². The van der Waals surface area contributed by atoms with Crippen LogP contribution in [0.3, 0.4) is 0 Å². The van der Waals surface area contributed by atoms with Crippen molar-refractivity contribution in [2.45, 2.75) is 39.9 Å². The zero-order valence-electron chi connectivity index (χ0n) is 12.0. The smallest absolute Gasteiger partial charge is 0.332 e. The van der Waals surface area contributed by atoms with Crippen LogP contribution in [0.4, 0.5) is 0 Å². The van der Waals surface area contributed by atoms with Gasteiger partial charge in [-0.3, -0.25) is 0 Å². The summed E-state index contributed by atoms with van der Waals surface area (Å²) >= 11 is 0. The van der Waals surface area contributed by atoms with Gasteiger partial charge in [-0.15, -0.1) is 0 Å². The maximum atomic E-state index is 10.9. The highest BCUT2D eigenvalue weighted by Gasteiger charge is 2.16. The highest BCUT2D eigenvalue weighted by molar-refractivity contribution is 6.76. The van der Waals surface area contributed by atoms with Crippen molar-refractivity contribution in [1.82, 2.24) is 0 Å². The molecule has 0 bridgehead atoms. The van der Waals surface area contributed by atoms with Gasteiger partial charge >= 0.3 is 11.9 Å². The molecule has 0 amide bonds. The zero-order chi connectivity index (χ0) is 14.9. The number of carbonyl (C=O) groups excluding carboxylic acids is 1. The molecule has 5 heteroatoms. The lowest BCUT2D eigenvalue weighted by molar-refractivity contribution is -0.137. The number of hydrogen-bond acceptors (Lipinski definition) is 3. The van der Waals surface area contributed by atoms with E-state index in [1.165, 1.54) is 0 Å². The van der Waals surface area contributed by atoms with Crippen LogP contribution in [0.25, 0.3) is 0 Å². The van der Waals surface area contributed by atoms with Gasteiger partial charge in [0.25, 0.3) is 0 Å². The number of carboxylic acids is 1. The van der Waals surface area contributed by atoms with Gasteiger partial charge in [0.05, 0.1) is 14.3 Å². The van der Waals surface area contributed by atoms with Crippen LogP contribution in [0.2, 0.25) is 19.6 Å². The number of carbonyl (C=O) groups is 2. The number of aliphatic carboxylic acids is 1. The molecule has 0 aromatic heterocycles. The van der Waals surface area contributed by atoms with Crippen LogP contribution >= 0.6 is 0 Å². The third-order valence-corrected chi connectivity index (χ3v) is 2.72. The van der Waals surface area contributed by atoms with Gasteiger partial charge in [0.1, 0.15) is 0 Å². The quantitative estimate of drug-likeness (QED) is 0.475. The Balaban J connectivity index is 0. The fourth-order valence-electron chi connectivity index (χ4n) is 0.556. The summed E-state index contributed by atoms with van der Waals surface area (Å²) in [7, 11) is -1.25. The molecule has 0 aliphatic carbocycles. The van der Waals surface area contributed by atoms with E-state index >= 15 is 0 Å². The number of hydrogen-bond donors (Lipinski definition) is 1. The topological polar surface area (TPSA) is 63.6 Å². The zero-order valence-corrected chi connectivity index (χ0v) is 13.0. The van der Waals surface area contributed by atoms with Crippen LogP contribution in [-0.4, -0.2) is 31.3 Å². The van der Waals surface area contributed by atoms with Crippen molar-refractivity contribution in [1.29, 1.82) is 0 Å². The molecule has 0 fully saturated rings. The van der Waals surface area contributed by atoms with Crippen molar-refractivity contribution >= 4 is 20.0 Å². The first-order valence-electron chi connectivity index (χ1n) is 5.75. The first-order valence-corrected chi connectivity index (χ1v) is 9.45. The molecule has 0 aromatic rings. The van der Waals surface area contributed by atoms with Crippen molar-refractivity contribution in [2.24, 2.45) is 0 Å². The van der Waals surface area contributed by atoms with E-state index in [-0.39, 0.29) is 11.5 Å². The van der Waals surface area contributed by atoms with Gasteiger partial charge < -0.3 is 9.84 Å². The standard InChI is InChI=1S/C8H16O2Si.C5H8O2/c1-7(2)8(9)10-6-11(3,4)5;1-3-4(2)5(6)7/h1,6H2,2-5H3;2-3H2,1H3,(H,6,7). The molecule has 4 nitrogen and oxygen atoms in total. The van der Waals surface area contributed by atoms with Gasteiger partial charge in [0.15, 0.2) is 0 Å². The average Bonchev–Trinajstić information content (AvgIpc) is 2.24. The van der Waals surface area contributed by atoms with Crippen LogP contribution in [0, 0.1) is 0 Å². The largest absolute Gasteiger partial charge is 0.478 e. The Bertz CT molecular complexity index is 326. The summed E-state index contributed by atoms with van der Waals surface area (Å²) in [6.45, 7) is 16.6. The summed E-state index contributed by atoms with van der Waals surface area (Å²) in [5.74, 6) is -1.17. The third-order valence-electron chi connectivity index (χ3n) is 1.71. The van der Waals surface area contributed by atoms with Crippen molar-refractivity contribution in [3.05, 3.63) is 24.3 Å². The van der Waals surface area contributed by atoms with Crippen molar-refractivity contribution < 1.29 is 19.4 Å². The fourth-order valence-corrected chi connectivity index (χ4v) is 1.12. The Morgan fingerprint density at radius 2 is 1.67 bits per heavy atom. The second-order valence-corrected chi connectivity index (χ2v) is 10.6. The molecule has 0 heterocycles. The molecular weight excluding hydrogens is 248 g/mol. The summed E-state index contributed by atoms with van der Waals surface area (Å²) in [4.78, 5) is 20.7. The molecule has 0 radical (unpaired) electrons. The van der Waals surface area contributed by atoms with Crippen LogP contribution in [0.15, 0.2) is 24.3 Å². The van der Waals surface area contributed by atoms with E-state index in [1.54, 1.807) is 13.8 Å². The Kier molecular flexibility index (Phi) is 9.16. The Labute approximate surface area is 110 Å².